The summed E-state index contributed by atoms with van der Waals surface area (Å²) in [6, 6.07) is 12.0. The van der Waals surface area contributed by atoms with Crippen LogP contribution in [0.25, 0.3) is 0 Å². The van der Waals surface area contributed by atoms with Gasteiger partial charge in [-0.1, -0.05) is 24.6 Å². The van der Waals surface area contributed by atoms with Gasteiger partial charge in [-0.2, -0.15) is 0 Å². The number of benzene rings is 1. The van der Waals surface area contributed by atoms with E-state index in [2.05, 4.69) is 27.5 Å². The number of amides is 1. The van der Waals surface area contributed by atoms with Crippen LogP contribution in [0.3, 0.4) is 0 Å². The van der Waals surface area contributed by atoms with E-state index in [1.807, 2.05) is 18.2 Å². The highest BCUT2D eigenvalue weighted by Gasteiger charge is 2.13. The molecule has 8 heteroatoms. The van der Waals surface area contributed by atoms with E-state index in [9.17, 15) is 9.59 Å². The maximum atomic E-state index is 12.8. The third-order valence-electron chi connectivity index (χ3n) is 4.87. The molecule has 176 valence electrons. The number of pyridine rings is 2. The highest BCUT2D eigenvalue weighted by atomic mass is 35.5. The second-order valence-corrected chi connectivity index (χ2v) is 7.99. The molecule has 0 unspecified atom stereocenters. The van der Waals surface area contributed by atoms with Crippen molar-refractivity contribution in [3.8, 4) is 0 Å². The Labute approximate surface area is 204 Å². The van der Waals surface area contributed by atoms with Crippen LogP contribution < -0.4 is 10.6 Å². The Bertz CT molecular complexity index is 1150. The minimum atomic E-state index is -0.350. The maximum Gasteiger partial charge on any atom is 0.257 e. The number of nitrogens with zero attached hydrogens (tertiary/aromatic N) is 2. The Morgan fingerprint density at radius 2 is 1.82 bits per heavy atom. The summed E-state index contributed by atoms with van der Waals surface area (Å²) in [5.41, 5.74) is 3.20. The summed E-state index contributed by atoms with van der Waals surface area (Å²) in [5.74, 6) is -0.525. The summed E-state index contributed by atoms with van der Waals surface area (Å²) in [7, 11) is 0. The summed E-state index contributed by atoms with van der Waals surface area (Å²) < 4.78 is 5.43. The number of rotatable bonds is 11. The Kier molecular flexibility index (Phi) is 9.31. The summed E-state index contributed by atoms with van der Waals surface area (Å²) in [4.78, 5) is 33.7. The van der Waals surface area contributed by atoms with Gasteiger partial charge in [0.2, 0.25) is 5.78 Å². The molecule has 1 amide bonds. The molecule has 2 aromatic heterocycles. The predicted octanol–water partition coefficient (Wildman–Crippen LogP) is 6.07. The van der Waals surface area contributed by atoms with E-state index >= 15 is 0 Å². The van der Waals surface area contributed by atoms with E-state index in [4.69, 9.17) is 16.3 Å². The third kappa shape index (κ3) is 7.23. The van der Waals surface area contributed by atoms with Crippen LogP contribution in [0.2, 0.25) is 5.02 Å². The van der Waals surface area contributed by atoms with Crippen molar-refractivity contribution in [2.45, 2.75) is 26.7 Å². The summed E-state index contributed by atoms with van der Waals surface area (Å²) in [6.45, 7) is 5.09. The lowest BCUT2D eigenvalue weighted by Crippen LogP contribution is -2.14. The molecule has 0 atom stereocenters. The predicted molar refractivity (Wildman–Crippen MR) is 135 cm³/mol. The molecule has 0 aliphatic rings. The summed E-state index contributed by atoms with van der Waals surface area (Å²) in [6.07, 6.45) is 8.08. The van der Waals surface area contributed by atoms with E-state index in [0.29, 0.717) is 47.2 Å². The minimum absolute atomic E-state index is 0.175. The molecule has 34 heavy (non-hydrogen) atoms. The number of nitrogens with one attached hydrogen (secondary N) is 2. The zero-order valence-electron chi connectivity index (χ0n) is 19.2. The lowest BCUT2D eigenvalue weighted by molar-refractivity contribution is 0.101. The third-order valence-corrected chi connectivity index (χ3v) is 5.12. The standard InChI is InChI=1S/C26H27ClN4O3/c1-3-14-34-15-4-5-18(2)25(32)23-11-6-19(16-29-23)26(33)31-22-12-13-28-17-24(22)30-21-9-7-20(27)8-10-21/h5-13,16-17,30H,3-4,14-15H2,1-2H3,(H,28,31,33). The maximum absolute atomic E-state index is 12.8. The lowest BCUT2D eigenvalue weighted by Gasteiger charge is -2.13. The smallest absolute Gasteiger partial charge is 0.257 e. The molecule has 3 aromatic rings. The number of allylic oxidation sites excluding steroid dienone is 1. The first-order valence-electron chi connectivity index (χ1n) is 11.0. The van der Waals surface area contributed by atoms with E-state index in [-0.39, 0.29) is 17.4 Å². The topological polar surface area (TPSA) is 93.2 Å². The molecular formula is C26H27ClN4O3. The van der Waals surface area contributed by atoms with E-state index < -0.39 is 0 Å². The first-order valence-corrected chi connectivity index (χ1v) is 11.4. The molecule has 1 aromatic carbocycles. The molecule has 7 nitrogen and oxygen atoms in total. The molecular weight excluding hydrogens is 452 g/mol. The van der Waals surface area contributed by atoms with Crippen LogP contribution in [-0.4, -0.2) is 34.9 Å². The van der Waals surface area contributed by atoms with Crippen LogP contribution in [0.5, 0.6) is 0 Å². The van der Waals surface area contributed by atoms with E-state index in [1.54, 1.807) is 49.6 Å². The zero-order chi connectivity index (χ0) is 24.3. The number of aromatic nitrogens is 2. The SMILES string of the molecule is CCCOCCC=C(C)C(=O)c1ccc(C(=O)Nc2ccncc2Nc2ccc(Cl)cc2)cn1. The van der Waals surface area contributed by atoms with Gasteiger partial charge < -0.3 is 15.4 Å². The molecule has 0 aliphatic heterocycles. The van der Waals surface area contributed by atoms with Gasteiger partial charge in [0, 0.05) is 29.7 Å². The van der Waals surface area contributed by atoms with Gasteiger partial charge in [0.15, 0.2) is 0 Å². The molecule has 0 fully saturated rings. The molecule has 0 saturated heterocycles. The Balaban J connectivity index is 1.63. The largest absolute Gasteiger partial charge is 0.381 e. The number of hydrogen-bond donors (Lipinski definition) is 2. The fourth-order valence-corrected chi connectivity index (χ4v) is 3.17. The van der Waals surface area contributed by atoms with Crippen molar-refractivity contribution in [1.82, 2.24) is 9.97 Å². The van der Waals surface area contributed by atoms with Crippen LogP contribution in [0.4, 0.5) is 17.1 Å². The van der Waals surface area contributed by atoms with Crippen LogP contribution in [0, 0.1) is 0 Å². The van der Waals surface area contributed by atoms with Crippen LogP contribution >= 0.6 is 11.6 Å². The Morgan fingerprint density at radius 3 is 2.53 bits per heavy atom. The average Bonchev–Trinajstić information content (AvgIpc) is 2.86. The van der Waals surface area contributed by atoms with Gasteiger partial charge in [0.25, 0.3) is 5.91 Å². The summed E-state index contributed by atoms with van der Waals surface area (Å²) in [5, 5.41) is 6.70. The van der Waals surface area contributed by atoms with E-state index in [0.717, 1.165) is 12.1 Å². The molecule has 0 spiro atoms. The highest BCUT2D eigenvalue weighted by molar-refractivity contribution is 6.30. The van der Waals surface area contributed by atoms with Crippen LogP contribution in [-0.2, 0) is 4.74 Å². The quantitative estimate of drug-likeness (QED) is 0.197. The van der Waals surface area contributed by atoms with Gasteiger partial charge in [-0.15, -0.1) is 0 Å². The van der Waals surface area contributed by atoms with E-state index in [1.165, 1.54) is 6.20 Å². The van der Waals surface area contributed by atoms with Gasteiger partial charge in [0.1, 0.15) is 5.69 Å². The average molecular weight is 479 g/mol. The molecule has 3 rings (SSSR count). The van der Waals surface area contributed by atoms with Gasteiger partial charge >= 0.3 is 0 Å². The van der Waals surface area contributed by atoms with Crippen molar-refractivity contribution in [2.75, 3.05) is 23.8 Å². The number of halogens is 1. The minimum Gasteiger partial charge on any atom is -0.381 e. The zero-order valence-corrected chi connectivity index (χ0v) is 19.9. The Hall–Kier alpha value is -3.55. The van der Waals surface area contributed by atoms with Crippen LogP contribution in [0.15, 0.2) is 72.7 Å². The van der Waals surface area contributed by atoms with Crippen molar-refractivity contribution in [3.63, 3.8) is 0 Å². The monoisotopic (exact) mass is 478 g/mol. The van der Waals surface area contributed by atoms with Gasteiger partial charge in [0.05, 0.1) is 29.7 Å². The first-order chi connectivity index (χ1) is 16.5. The number of carbonyl (C=O) groups excluding carboxylic acids is 2. The molecule has 0 aliphatic carbocycles. The number of hydrogen-bond acceptors (Lipinski definition) is 6. The molecule has 2 N–H and O–H groups in total. The second-order valence-electron chi connectivity index (χ2n) is 7.56. The normalized spacial score (nSPS) is 11.2. The van der Waals surface area contributed by atoms with Crippen molar-refractivity contribution < 1.29 is 14.3 Å². The molecule has 2 heterocycles. The number of anilines is 3. The number of ether oxygens (including phenoxy) is 1. The lowest BCUT2D eigenvalue weighted by atomic mass is 10.1. The van der Waals surface area contributed by atoms with Crippen molar-refractivity contribution in [1.29, 1.82) is 0 Å². The number of ketones is 1. The summed E-state index contributed by atoms with van der Waals surface area (Å²) >= 11 is 5.94. The fourth-order valence-electron chi connectivity index (χ4n) is 3.05. The van der Waals surface area contributed by atoms with Gasteiger partial charge in [-0.25, -0.2) is 0 Å². The fraction of sp³-hybridized carbons (Fsp3) is 0.231. The van der Waals surface area contributed by atoms with Crippen molar-refractivity contribution in [3.05, 3.63) is 89.0 Å². The van der Waals surface area contributed by atoms with Crippen LogP contribution in [0.1, 0.15) is 47.5 Å². The van der Waals surface area contributed by atoms with Gasteiger partial charge in [-0.05, 0) is 67.8 Å². The second kappa shape index (κ2) is 12.6. The molecule has 0 saturated carbocycles. The molecule has 0 radical (unpaired) electrons. The van der Waals surface area contributed by atoms with Gasteiger partial charge in [-0.3, -0.25) is 19.6 Å². The van der Waals surface area contributed by atoms with Crippen molar-refractivity contribution >= 4 is 40.4 Å². The number of Topliss-reactive ketones (excluding diaryl/α,β-unsaturated/α-hetero) is 1. The number of carbonyl (C=O) groups is 2. The highest BCUT2D eigenvalue weighted by Crippen LogP contribution is 2.25. The molecule has 0 bridgehead atoms. The van der Waals surface area contributed by atoms with Crippen molar-refractivity contribution in [2.24, 2.45) is 0 Å². The first kappa shape index (κ1) is 25.1. The Morgan fingerprint density at radius 1 is 1.03 bits per heavy atom.